The maximum Gasteiger partial charge on any atom is 0.133 e. The number of hydrogen-bond acceptors (Lipinski definition) is 4. The fraction of sp³-hybridized carbons (Fsp3) is 0.938. The van der Waals surface area contributed by atoms with Gasteiger partial charge < -0.3 is 0 Å². The van der Waals surface area contributed by atoms with Crippen LogP contribution >= 0.6 is 23.5 Å². The van der Waals surface area contributed by atoms with Gasteiger partial charge in [-0.05, 0) is 144 Å². The van der Waals surface area contributed by atoms with Gasteiger partial charge in [-0.15, -0.1) is 0 Å². The first-order chi connectivity index (χ1) is 16.8. The zero-order valence-electron chi connectivity index (χ0n) is 24.1. The summed E-state index contributed by atoms with van der Waals surface area (Å²) in [5.74, 6) is 7.25. The maximum atomic E-state index is 9.03. The molecule has 8 rings (SSSR count). The Hall–Kier alpha value is -0.320. The van der Waals surface area contributed by atoms with Crippen LogP contribution in [0.5, 0.6) is 0 Å². The largest absolute Gasteiger partial charge is 0.185 e. The molecule has 0 aliphatic heterocycles. The summed E-state index contributed by atoms with van der Waals surface area (Å²) < 4.78 is 0. The van der Waals surface area contributed by atoms with Gasteiger partial charge in [-0.2, -0.15) is 10.5 Å². The van der Waals surface area contributed by atoms with Crippen LogP contribution in [0.1, 0.15) is 107 Å². The Morgan fingerprint density at radius 2 is 0.972 bits per heavy atom. The van der Waals surface area contributed by atoms with E-state index in [0.29, 0.717) is 32.2 Å². The molecule has 0 aromatic carbocycles. The van der Waals surface area contributed by atoms with Crippen molar-refractivity contribution in [1.82, 2.24) is 0 Å². The Bertz CT molecular complexity index is 873. The average molecular weight is 527 g/mol. The molecule has 4 heteroatoms. The van der Waals surface area contributed by atoms with E-state index >= 15 is 0 Å². The Morgan fingerprint density at radius 1 is 0.611 bits per heavy atom. The Labute approximate surface area is 230 Å². The van der Waals surface area contributed by atoms with Crippen LogP contribution in [-0.2, 0) is 0 Å². The van der Waals surface area contributed by atoms with E-state index in [4.69, 9.17) is 10.5 Å². The van der Waals surface area contributed by atoms with Crippen LogP contribution < -0.4 is 0 Å². The third kappa shape index (κ3) is 4.10. The fourth-order valence-corrected chi connectivity index (χ4v) is 13.6. The van der Waals surface area contributed by atoms with E-state index in [1.807, 2.05) is 0 Å². The topological polar surface area (TPSA) is 47.6 Å². The van der Waals surface area contributed by atoms with Crippen LogP contribution in [0.3, 0.4) is 0 Å². The van der Waals surface area contributed by atoms with E-state index in [2.05, 4.69) is 66.2 Å². The predicted molar refractivity (Wildman–Crippen MR) is 154 cm³/mol. The minimum absolute atomic E-state index is 0.429. The fourth-order valence-electron chi connectivity index (χ4n) is 11.8. The van der Waals surface area contributed by atoms with Gasteiger partial charge >= 0.3 is 0 Å². The number of thiocyanates is 2. The van der Waals surface area contributed by atoms with Crippen molar-refractivity contribution in [2.75, 3.05) is 0 Å². The molecule has 0 aromatic rings. The van der Waals surface area contributed by atoms with E-state index < -0.39 is 0 Å². The van der Waals surface area contributed by atoms with E-state index in [1.165, 1.54) is 51.4 Å². The van der Waals surface area contributed by atoms with E-state index in [9.17, 15) is 0 Å². The molecule has 0 N–H and O–H groups in total. The van der Waals surface area contributed by atoms with Crippen molar-refractivity contribution >= 4 is 23.5 Å². The second-order valence-corrected chi connectivity index (χ2v) is 18.0. The van der Waals surface area contributed by atoms with Crippen LogP contribution in [0.25, 0.3) is 0 Å². The molecule has 8 fully saturated rings. The van der Waals surface area contributed by atoms with E-state index in [1.54, 1.807) is 23.5 Å². The Kier molecular flexibility index (Phi) is 6.90. The summed E-state index contributed by atoms with van der Waals surface area (Å²) in [6, 6.07) is 0. The molecule has 0 heterocycles. The molecule has 8 saturated carbocycles. The lowest BCUT2D eigenvalue weighted by atomic mass is 9.50. The Morgan fingerprint density at radius 3 is 1.25 bits per heavy atom. The SMILES string of the molecule is CC(C)[C@@H]1C[C@]2(C)C[C@]3(C)C[C@H]1[C@H]2C[C@@H]3SC#N.CC(C)[C@@H]1C[C@]2(C)C[C@]3(C)C[C@H]1[C@H]2C[C@H]3SC#N. The molecule has 12 atom stereocenters. The maximum absolute atomic E-state index is 9.03. The number of hydrogen-bond donors (Lipinski definition) is 0. The summed E-state index contributed by atoms with van der Waals surface area (Å²) in [5.41, 5.74) is 2.02. The molecule has 8 aliphatic rings. The van der Waals surface area contributed by atoms with Crippen molar-refractivity contribution in [3.8, 4) is 10.8 Å². The van der Waals surface area contributed by atoms with Gasteiger partial charge in [0, 0.05) is 10.5 Å². The first-order valence-electron chi connectivity index (χ1n) is 14.9. The van der Waals surface area contributed by atoms with Crippen molar-refractivity contribution in [2.45, 2.75) is 117 Å². The van der Waals surface area contributed by atoms with E-state index in [-0.39, 0.29) is 0 Å². The summed E-state index contributed by atoms with van der Waals surface area (Å²) in [5, 5.41) is 24.0. The molecule has 8 aliphatic carbocycles. The van der Waals surface area contributed by atoms with Crippen LogP contribution in [-0.4, -0.2) is 10.5 Å². The van der Waals surface area contributed by atoms with Gasteiger partial charge in [-0.25, -0.2) is 0 Å². The minimum Gasteiger partial charge on any atom is -0.185 e. The number of fused-ring (bicyclic) bond motifs is 2. The summed E-state index contributed by atoms with van der Waals surface area (Å²) >= 11 is 3.12. The standard InChI is InChI=1S/2C16H25NS/c2*1-10(2)11-6-15(3)8-16(4)7-12(11)13(15)5-14(16)18-9-17/h2*10-14H,5-8H2,1-4H3/t11-,12+,13+,14+,15+,16-;11-,12+,13+,14-,15+,16-/m00/s1. The highest BCUT2D eigenvalue weighted by molar-refractivity contribution is 8.04. The summed E-state index contributed by atoms with van der Waals surface area (Å²) in [6.45, 7) is 19.6. The number of nitriles is 2. The van der Waals surface area contributed by atoms with Gasteiger partial charge in [-0.1, -0.05) is 55.4 Å². The first kappa shape index (κ1) is 27.3. The summed E-state index contributed by atoms with van der Waals surface area (Å²) in [7, 11) is 0. The van der Waals surface area contributed by atoms with E-state index in [0.717, 1.165) is 47.3 Å². The van der Waals surface area contributed by atoms with Gasteiger partial charge in [0.05, 0.1) is 0 Å². The molecule has 0 aromatic heterocycles. The van der Waals surface area contributed by atoms with Gasteiger partial charge in [0.2, 0.25) is 0 Å². The molecular weight excluding hydrogens is 477 g/mol. The van der Waals surface area contributed by atoms with Crippen LogP contribution in [0.15, 0.2) is 0 Å². The molecule has 0 saturated heterocycles. The third-order valence-corrected chi connectivity index (χ3v) is 15.2. The highest BCUT2D eigenvalue weighted by Gasteiger charge is 2.65. The normalized spacial score (nSPS) is 53.8. The second kappa shape index (κ2) is 9.12. The van der Waals surface area contributed by atoms with Crippen molar-refractivity contribution in [2.24, 2.45) is 69.0 Å². The highest BCUT2D eigenvalue weighted by atomic mass is 32.2. The monoisotopic (exact) mass is 526 g/mol. The molecule has 200 valence electrons. The smallest absolute Gasteiger partial charge is 0.133 e. The quantitative estimate of drug-likeness (QED) is 0.342. The molecular formula is C32H50N2S2. The van der Waals surface area contributed by atoms with Gasteiger partial charge in [0.15, 0.2) is 0 Å². The first-order valence-corrected chi connectivity index (χ1v) is 16.6. The van der Waals surface area contributed by atoms with Crippen LogP contribution in [0.4, 0.5) is 0 Å². The summed E-state index contributed by atoms with van der Waals surface area (Å²) in [6.07, 6.45) is 11.0. The molecule has 0 unspecified atom stereocenters. The molecule has 2 nitrogen and oxygen atoms in total. The van der Waals surface area contributed by atoms with Crippen molar-refractivity contribution in [3.05, 3.63) is 0 Å². The van der Waals surface area contributed by atoms with Crippen LogP contribution in [0, 0.1) is 90.3 Å². The van der Waals surface area contributed by atoms with Gasteiger partial charge in [-0.3, -0.25) is 0 Å². The van der Waals surface area contributed by atoms with Gasteiger partial charge in [0.1, 0.15) is 10.8 Å². The van der Waals surface area contributed by atoms with Crippen molar-refractivity contribution < 1.29 is 0 Å². The van der Waals surface area contributed by atoms with Gasteiger partial charge in [0.25, 0.3) is 0 Å². The lowest BCUT2D eigenvalue weighted by Crippen LogP contribution is -2.52. The average Bonchev–Trinajstić information content (AvgIpc) is 3.10. The number of rotatable bonds is 4. The molecule has 36 heavy (non-hydrogen) atoms. The van der Waals surface area contributed by atoms with Crippen molar-refractivity contribution in [1.29, 1.82) is 10.5 Å². The molecule has 0 radical (unpaired) electrons. The Balaban J connectivity index is 0.000000148. The minimum atomic E-state index is 0.429. The highest BCUT2D eigenvalue weighted by Crippen LogP contribution is 2.73. The molecule has 0 spiro atoms. The molecule has 8 bridgehead atoms. The lowest BCUT2D eigenvalue weighted by Gasteiger charge is -2.58. The zero-order valence-corrected chi connectivity index (χ0v) is 25.8. The zero-order chi connectivity index (χ0) is 26.3. The molecule has 0 amide bonds. The predicted octanol–water partition coefficient (Wildman–Crippen LogP) is 9.38. The number of nitrogens with zero attached hydrogens (tertiary/aromatic N) is 2. The summed E-state index contributed by atoms with van der Waals surface area (Å²) in [4.78, 5) is 0. The number of thioether (sulfide) groups is 2. The lowest BCUT2D eigenvalue weighted by molar-refractivity contribution is -0.0380. The third-order valence-electron chi connectivity index (χ3n) is 12.9. The van der Waals surface area contributed by atoms with Crippen LogP contribution in [0.2, 0.25) is 0 Å². The second-order valence-electron chi connectivity index (χ2n) is 16.0. The van der Waals surface area contributed by atoms with Crippen molar-refractivity contribution in [3.63, 3.8) is 0 Å².